The molecule has 0 saturated heterocycles. The Hall–Kier alpha value is -2.98. The summed E-state index contributed by atoms with van der Waals surface area (Å²) in [5, 5.41) is 8.74. The van der Waals surface area contributed by atoms with Crippen LogP contribution in [0, 0.1) is 11.3 Å². The maximum Gasteiger partial charge on any atom is 0.417 e. The molecule has 0 aliphatic heterocycles. The Bertz CT molecular complexity index is 931. The van der Waals surface area contributed by atoms with Gasteiger partial charge in [0.25, 0.3) is 0 Å². The molecule has 0 bridgehead atoms. The first-order valence-corrected chi connectivity index (χ1v) is 7.98. The van der Waals surface area contributed by atoms with Gasteiger partial charge in [-0.15, -0.1) is 0 Å². The molecule has 0 aliphatic carbocycles. The van der Waals surface area contributed by atoms with Crippen molar-refractivity contribution in [1.29, 1.82) is 5.26 Å². The molecule has 2 rings (SSSR count). The summed E-state index contributed by atoms with van der Waals surface area (Å²) in [4.78, 5) is 14.1. The lowest BCUT2D eigenvalue weighted by atomic mass is 10.0. The fraction of sp³-hybridized carbons (Fsp3) is 0.158. The Balaban J connectivity index is 2.43. The molecule has 2 aromatic carbocycles. The number of ketones is 1. The average molecular weight is 395 g/mol. The van der Waals surface area contributed by atoms with Crippen LogP contribution >= 0.6 is 11.6 Å². The van der Waals surface area contributed by atoms with Gasteiger partial charge in [-0.1, -0.05) is 23.7 Å². The van der Waals surface area contributed by atoms with E-state index in [2.05, 4.69) is 0 Å². The number of carbonyl (C=O) groups excluding carboxylic acids is 1. The van der Waals surface area contributed by atoms with Crippen molar-refractivity contribution in [3.8, 4) is 17.6 Å². The molecule has 0 amide bonds. The van der Waals surface area contributed by atoms with Gasteiger partial charge in [0.05, 0.1) is 16.1 Å². The molecule has 0 saturated carbocycles. The highest BCUT2D eigenvalue weighted by Crippen LogP contribution is 2.38. The first-order chi connectivity index (χ1) is 12.6. The van der Waals surface area contributed by atoms with Crippen molar-refractivity contribution in [2.75, 3.05) is 14.1 Å². The second-order valence-corrected chi connectivity index (χ2v) is 6.09. The molecule has 8 heteroatoms. The van der Waals surface area contributed by atoms with Crippen molar-refractivity contribution in [3.05, 3.63) is 70.4 Å². The number of nitrogens with zero attached hydrogens (tertiary/aromatic N) is 2. The Kier molecular flexibility index (Phi) is 6.13. The van der Waals surface area contributed by atoms with Crippen molar-refractivity contribution in [2.45, 2.75) is 6.18 Å². The minimum absolute atomic E-state index is 0.0258. The largest absolute Gasteiger partial charge is 0.457 e. The summed E-state index contributed by atoms with van der Waals surface area (Å²) < 4.78 is 44.5. The topological polar surface area (TPSA) is 53.3 Å². The van der Waals surface area contributed by atoms with Gasteiger partial charge in [0.15, 0.2) is 0 Å². The normalized spacial score (nSPS) is 11.7. The lowest BCUT2D eigenvalue weighted by Crippen LogP contribution is -2.10. The van der Waals surface area contributed by atoms with Gasteiger partial charge in [-0.05, 0) is 30.3 Å². The van der Waals surface area contributed by atoms with Crippen molar-refractivity contribution in [2.24, 2.45) is 0 Å². The van der Waals surface area contributed by atoms with E-state index in [9.17, 15) is 23.2 Å². The van der Waals surface area contributed by atoms with Gasteiger partial charge in [0, 0.05) is 20.3 Å². The zero-order valence-electron chi connectivity index (χ0n) is 14.3. The van der Waals surface area contributed by atoms with Gasteiger partial charge in [-0.2, -0.15) is 18.4 Å². The van der Waals surface area contributed by atoms with Gasteiger partial charge in [-0.3, -0.25) is 4.79 Å². The van der Waals surface area contributed by atoms with Gasteiger partial charge in [0.2, 0.25) is 5.78 Å². The van der Waals surface area contributed by atoms with E-state index in [-0.39, 0.29) is 22.6 Å². The van der Waals surface area contributed by atoms with Crippen LogP contribution in [0.25, 0.3) is 0 Å². The number of alkyl halides is 3. The number of hydrogen-bond donors (Lipinski definition) is 0. The highest BCUT2D eigenvalue weighted by molar-refractivity contribution is 6.31. The maximum absolute atomic E-state index is 13.0. The number of para-hydroxylation sites is 1. The lowest BCUT2D eigenvalue weighted by molar-refractivity contribution is -0.137. The molecule has 140 valence electrons. The van der Waals surface area contributed by atoms with E-state index in [1.54, 1.807) is 26.2 Å². The van der Waals surface area contributed by atoms with Crippen LogP contribution in [0.5, 0.6) is 11.5 Å². The fourth-order valence-electron chi connectivity index (χ4n) is 2.20. The molecule has 2 aromatic rings. The van der Waals surface area contributed by atoms with Crippen molar-refractivity contribution in [3.63, 3.8) is 0 Å². The third-order valence-electron chi connectivity index (χ3n) is 3.36. The lowest BCUT2D eigenvalue weighted by Gasteiger charge is -2.14. The molecule has 27 heavy (non-hydrogen) atoms. The number of hydrogen-bond acceptors (Lipinski definition) is 4. The number of nitriles is 1. The van der Waals surface area contributed by atoms with E-state index in [1.165, 1.54) is 29.3 Å². The van der Waals surface area contributed by atoms with Gasteiger partial charge in [-0.25, -0.2) is 0 Å². The van der Waals surface area contributed by atoms with Gasteiger partial charge < -0.3 is 9.64 Å². The van der Waals surface area contributed by atoms with Gasteiger partial charge in [0.1, 0.15) is 23.1 Å². The standard InChI is InChI=1S/C19H14ClF3N2O2/c1-25(2)11-12(10-24)18(26)14-5-3-4-6-17(14)27-13-7-8-16(20)15(9-13)19(21,22)23/h3-9,11H,1-2H3. The predicted octanol–water partition coefficient (Wildman–Crippen LogP) is 5.30. The number of halogens is 4. The zero-order chi connectivity index (χ0) is 20.2. The number of benzene rings is 2. The summed E-state index contributed by atoms with van der Waals surface area (Å²) in [6.45, 7) is 0. The SMILES string of the molecule is CN(C)C=C(C#N)C(=O)c1ccccc1Oc1ccc(Cl)c(C(F)(F)F)c1. The van der Waals surface area contributed by atoms with Crippen LogP contribution in [0.15, 0.2) is 54.2 Å². The molecular weight excluding hydrogens is 381 g/mol. The van der Waals surface area contributed by atoms with Crippen LogP contribution in [0.1, 0.15) is 15.9 Å². The molecule has 4 nitrogen and oxygen atoms in total. The second-order valence-electron chi connectivity index (χ2n) is 5.68. The van der Waals surface area contributed by atoms with Crippen molar-refractivity contribution < 1.29 is 22.7 Å². The summed E-state index contributed by atoms with van der Waals surface area (Å²) in [5.41, 5.74) is -1.13. The Morgan fingerprint density at radius 2 is 1.89 bits per heavy atom. The Morgan fingerprint density at radius 1 is 1.22 bits per heavy atom. The maximum atomic E-state index is 13.0. The molecule has 0 radical (unpaired) electrons. The number of rotatable bonds is 5. The molecule has 0 fully saturated rings. The van der Waals surface area contributed by atoms with Crippen molar-refractivity contribution in [1.82, 2.24) is 4.90 Å². The number of ether oxygens (including phenoxy) is 1. The molecule has 0 aromatic heterocycles. The van der Waals surface area contributed by atoms with Crippen LogP contribution < -0.4 is 4.74 Å². The highest BCUT2D eigenvalue weighted by Gasteiger charge is 2.33. The first-order valence-electron chi connectivity index (χ1n) is 7.60. The zero-order valence-corrected chi connectivity index (χ0v) is 15.1. The van der Waals surface area contributed by atoms with Crippen LogP contribution in [0.4, 0.5) is 13.2 Å². The summed E-state index contributed by atoms with van der Waals surface area (Å²) in [6, 6.07) is 10.9. The molecule has 0 N–H and O–H groups in total. The summed E-state index contributed by atoms with van der Waals surface area (Å²) >= 11 is 5.60. The summed E-state index contributed by atoms with van der Waals surface area (Å²) in [5.74, 6) is -0.716. The monoisotopic (exact) mass is 394 g/mol. The molecule has 0 unspecified atom stereocenters. The fourth-order valence-corrected chi connectivity index (χ4v) is 2.42. The smallest absolute Gasteiger partial charge is 0.417 e. The summed E-state index contributed by atoms with van der Waals surface area (Å²) in [7, 11) is 3.30. The highest BCUT2D eigenvalue weighted by atomic mass is 35.5. The summed E-state index contributed by atoms with van der Waals surface area (Å²) in [6.07, 6.45) is -3.29. The minimum atomic E-state index is -4.64. The molecule has 0 aliphatic rings. The van der Waals surface area contributed by atoms with Crippen LogP contribution in [0.3, 0.4) is 0 Å². The van der Waals surface area contributed by atoms with E-state index in [1.807, 2.05) is 6.07 Å². The van der Waals surface area contributed by atoms with E-state index < -0.39 is 22.5 Å². The molecule has 0 spiro atoms. The third-order valence-corrected chi connectivity index (χ3v) is 3.68. The number of allylic oxidation sites excluding steroid dienone is 1. The number of Topliss-reactive ketones (excluding diaryl/α,β-unsaturated/α-hetero) is 1. The molecule has 0 atom stereocenters. The Morgan fingerprint density at radius 3 is 2.48 bits per heavy atom. The van der Waals surface area contributed by atoms with Crippen LogP contribution in [0.2, 0.25) is 5.02 Å². The second kappa shape index (κ2) is 8.14. The third kappa shape index (κ3) is 5.02. The predicted molar refractivity (Wildman–Crippen MR) is 94.7 cm³/mol. The van der Waals surface area contributed by atoms with Crippen molar-refractivity contribution >= 4 is 17.4 Å². The van der Waals surface area contributed by atoms with Crippen LogP contribution in [-0.4, -0.2) is 24.8 Å². The quantitative estimate of drug-likeness (QED) is 0.392. The van der Waals surface area contributed by atoms with E-state index in [4.69, 9.17) is 16.3 Å². The number of carbonyl (C=O) groups is 1. The van der Waals surface area contributed by atoms with E-state index >= 15 is 0 Å². The van der Waals surface area contributed by atoms with Crippen LogP contribution in [-0.2, 0) is 6.18 Å². The Labute approximate surface area is 159 Å². The minimum Gasteiger partial charge on any atom is -0.457 e. The van der Waals surface area contributed by atoms with E-state index in [0.717, 1.165) is 12.1 Å². The van der Waals surface area contributed by atoms with Gasteiger partial charge >= 0.3 is 6.18 Å². The molecule has 0 heterocycles. The molecular formula is C19H14ClF3N2O2. The average Bonchev–Trinajstić information content (AvgIpc) is 2.60. The van der Waals surface area contributed by atoms with E-state index in [0.29, 0.717) is 0 Å². The first kappa shape index (κ1) is 20.3.